The van der Waals surface area contributed by atoms with Gasteiger partial charge in [0.05, 0.1) is 0 Å². The van der Waals surface area contributed by atoms with E-state index >= 15 is 0 Å². The normalized spacial score (nSPS) is 16.1. The fourth-order valence-electron chi connectivity index (χ4n) is 3.89. The Morgan fingerprint density at radius 3 is 2.34 bits per heavy atom. The lowest BCUT2D eigenvalue weighted by atomic mass is 10.0. The largest absolute Gasteiger partial charge is 0.480 e. The molecular weight excluding hydrogens is 374 g/mol. The van der Waals surface area contributed by atoms with Crippen molar-refractivity contribution in [1.82, 2.24) is 19.4 Å². The van der Waals surface area contributed by atoms with Gasteiger partial charge in [-0.3, -0.25) is 14.5 Å². The number of carboxylic acid groups (broad SMARTS) is 2. The number of nitrogens with zero attached hydrogens (tertiary/aromatic N) is 5. The number of aliphatic carboxylic acids is 2. The summed E-state index contributed by atoms with van der Waals surface area (Å²) in [6.45, 7) is 2.08. The smallest absolute Gasteiger partial charge is 0.325 e. The molecule has 0 amide bonds. The average molecular weight is 395 g/mol. The van der Waals surface area contributed by atoms with Crippen molar-refractivity contribution in [3.8, 4) is 0 Å². The Morgan fingerprint density at radius 1 is 1.00 bits per heavy atom. The molecule has 1 atom stereocenters. The van der Waals surface area contributed by atoms with Gasteiger partial charge in [0.1, 0.15) is 12.6 Å². The van der Waals surface area contributed by atoms with Crippen LogP contribution in [-0.4, -0.2) is 67.8 Å². The molecule has 2 N–H and O–H groups in total. The maximum atomic E-state index is 12.2. The molecule has 9 nitrogen and oxygen atoms in total. The molecule has 0 radical (unpaired) electrons. The molecule has 1 aliphatic heterocycles. The van der Waals surface area contributed by atoms with E-state index in [1.165, 1.54) is 0 Å². The Bertz CT molecular complexity index is 1030. The van der Waals surface area contributed by atoms with Crippen molar-refractivity contribution in [3.63, 3.8) is 0 Å². The number of piperazine rings is 1. The maximum Gasteiger partial charge on any atom is 0.325 e. The van der Waals surface area contributed by atoms with E-state index in [4.69, 9.17) is 0 Å². The summed E-state index contributed by atoms with van der Waals surface area (Å²) in [6.07, 6.45) is 5.03. The van der Waals surface area contributed by atoms with E-state index in [-0.39, 0.29) is 6.54 Å². The summed E-state index contributed by atoms with van der Waals surface area (Å²) in [5, 5.41) is 20.0. The van der Waals surface area contributed by atoms with Crippen LogP contribution < -0.4 is 4.90 Å². The highest BCUT2D eigenvalue weighted by molar-refractivity contribution is 5.90. The molecule has 0 saturated carbocycles. The van der Waals surface area contributed by atoms with E-state index in [2.05, 4.69) is 9.97 Å². The Kier molecular flexibility index (Phi) is 5.13. The third-order valence-corrected chi connectivity index (χ3v) is 5.17. The minimum Gasteiger partial charge on any atom is -0.480 e. The van der Waals surface area contributed by atoms with Crippen molar-refractivity contribution in [1.29, 1.82) is 0 Å². The first-order valence-electron chi connectivity index (χ1n) is 9.33. The molecule has 0 unspecified atom stereocenters. The molecule has 0 aliphatic carbocycles. The van der Waals surface area contributed by atoms with Crippen molar-refractivity contribution < 1.29 is 19.8 Å². The van der Waals surface area contributed by atoms with Gasteiger partial charge in [0.25, 0.3) is 0 Å². The molecule has 0 bridgehead atoms. The van der Waals surface area contributed by atoms with E-state index in [1.54, 1.807) is 29.2 Å². The lowest BCUT2D eigenvalue weighted by molar-refractivity contribution is -0.143. The van der Waals surface area contributed by atoms with Gasteiger partial charge in [-0.15, -0.1) is 0 Å². The van der Waals surface area contributed by atoms with Crippen molar-refractivity contribution in [2.45, 2.75) is 12.6 Å². The molecule has 0 spiro atoms. The van der Waals surface area contributed by atoms with Gasteiger partial charge < -0.3 is 19.7 Å². The molecule has 1 aliphatic rings. The first-order chi connectivity index (χ1) is 14.0. The second kappa shape index (κ2) is 7.88. The Morgan fingerprint density at radius 2 is 1.69 bits per heavy atom. The Labute approximate surface area is 166 Å². The quantitative estimate of drug-likeness (QED) is 0.645. The number of anilines is 1. The summed E-state index contributed by atoms with van der Waals surface area (Å²) < 4.78 is 1.59. The summed E-state index contributed by atoms with van der Waals surface area (Å²) in [5.74, 6) is -1.29. The molecular formula is C20H21N5O4. The van der Waals surface area contributed by atoms with E-state index in [9.17, 15) is 19.8 Å². The zero-order chi connectivity index (χ0) is 20.4. The number of rotatable bonds is 6. The van der Waals surface area contributed by atoms with Gasteiger partial charge >= 0.3 is 11.9 Å². The van der Waals surface area contributed by atoms with E-state index in [0.717, 1.165) is 5.39 Å². The monoisotopic (exact) mass is 395 g/mol. The highest BCUT2D eigenvalue weighted by Gasteiger charge is 2.33. The van der Waals surface area contributed by atoms with E-state index in [1.807, 2.05) is 34.1 Å². The molecule has 150 valence electrons. The first-order valence-corrected chi connectivity index (χ1v) is 9.33. The van der Waals surface area contributed by atoms with Crippen molar-refractivity contribution in [2.24, 2.45) is 0 Å². The van der Waals surface area contributed by atoms with Gasteiger partial charge in [-0.25, -0.2) is 9.97 Å². The second-order valence-corrected chi connectivity index (χ2v) is 6.94. The fraction of sp³-hybridized carbons (Fsp3) is 0.300. The molecule has 1 saturated heterocycles. The molecule has 1 aromatic carbocycles. The third-order valence-electron chi connectivity index (χ3n) is 5.17. The molecule has 3 heterocycles. The fourth-order valence-corrected chi connectivity index (χ4v) is 3.89. The predicted octanol–water partition coefficient (Wildman–Crippen LogP) is 1.46. The van der Waals surface area contributed by atoms with Crippen molar-refractivity contribution >= 4 is 28.8 Å². The summed E-state index contributed by atoms with van der Waals surface area (Å²) in [6, 6.07) is 8.21. The first kappa shape index (κ1) is 18.9. The highest BCUT2D eigenvalue weighted by Crippen LogP contribution is 2.31. The number of carboxylic acids is 2. The average Bonchev–Trinajstić information content (AvgIpc) is 3.07. The van der Waals surface area contributed by atoms with Gasteiger partial charge in [0.15, 0.2) is 0 Å². The zero-order valence-corrected chi connectivity index (χ0v) is 15.7. The lowest BCUT2D eigenvalue weighted by Gasteiger charge is -2.37. The van der Waals surface area contributed by atoms with Crippen LogP contribution in [0.25, 0.3) is 10.9 Å². The van der Waals surface area contributed by atoms with Crippen LogP contribution in [0.2, 0.25) is 0 Å². The van der Waals surface area contributed by atoms with Gasteiger partial charge in [0, 0.05) is 61.2 Å². The number of hydrogen-bond acceptors (Lipinski definition) is 6. The van der Waals surface area contributed by atoms with Crippen LogP contribution in [0.15, 0.2) is 48.9 Å². The van der Waals surface area contributed by atoms with Crippen LogP contribution in [-0.2, 0) is 16.1 Å². The Hall–Kier alpha value is -3.46. The molecule has 9 heteroatoms. The van der Waals surface area contributed by atoms with Crippen LogP contribution in [0.4, 0.5) is 5.95 Å². The van der Waals surface area contributed by atoms with Crippen LogP contribution in [0.1, 0.15) is 11.6 Å². The van der Waals surface area contributed by atoms with Crippen molar-refractivity contribution in [2.75, 3.05) is 31.1 Å². The van der Waals surface area contributed by atoms with Gasteiger partial charge in [-0.1, -0.05) is 18.2 Å². The number of fused-ring (bicyclic) bond motifs is 1. The molecule has 2 aromatic heterocycles. The summed E-state index contributed by atoms with van der Waals surface area (Å²) in [5.41, 5.74) is 1.33. The number of carbonyl (C=O) groups is 2. The summed E-state index contributed by atoms with van der Waals surface area (Å²) in [4.78, 5) is 35.9. The van der Waals surface area contributed by atoms with Crippen LogP contribution in [0.5, 0.6) is 0 Å². The van der Waals surface area contributed by atoms with Gasteiger partial charge in [-0.2, -0.15) is 0 Å². The van der Waals surface area contributed by atoms with Gasteiger partial charge in [-0.05, 0) is 12.1 Å². The predicted molar refractivity (Wildman–Crippen MR) is 106 cm³/mol. The van der Waals surface area contributed by atoms with Crippen LogP contribution >= 0.6 is 0 Å². The number of para-hydroxylation sites is 1. The minimum atomic E-state index is -0.972. The minimum absolute atomic E-state index is 0.216. The number of aromatic nitrogens is 3. The zero-order valence-electron chi connectivity index (χ0n) is 15.7. The standard InChI is InChI=1S/C20H21N5O4/c26-17(27)13-25-12-15(14-4-1-2-5-16(14)25)18(19(28)29)23-8-10-24(11-9-23)20-21-6-3-7-22-20/h1-7,12,18H,8-11,13H2,(H,26,27)(H,28,29)/t18-/m1/s1. The highest BCUT2D eigenvalue weighted by atomic mass is 16.4. The van der Waals surface area contributed by atoms with E-state index < -0.39 is 18.0 Å². The molecule has 4 rings (SSSR count). The van der Waals surface area contributed by atoms with Crippen LogP contribution in [0.3, 0.4) is 0 Å². The third kappa shape index (κ3) is 3.77. The second-order valence-electron chi connectivity index (χ2n) is 6.94. The topological polar surface area (TPSA) is 112 Å². The van der Waals surface area contributed by atoms with Crippen LogP contribution in [0, 0.1) is 0 Å². The Balaban J connectivity index is 1.62. The molecule has 29 heavy (non-hydrogen) atoms. The SMILES string of the molecule is O=C(O)Cn1cc([C@H](C(=O)O)N2CCN(c3ncccn3)CC2)c2ccccc21. The molecule has 1 fully saturated rings. The maximum absolute atomic E-state index is 12.2. The summed E-state index contributed by atoms with van der Waals surface area (Å²) >= 11 is 0. The van der Waals surface area contributed by atoms with E-state index in [0.29, 0.717) is 43.2 Å². The van der Waals surface area contributed by atoms with Gasteiger partial charge in [0.2, 0.25) is 5.95 Å². The molecule has 3 aromatic rings. The number of hydrogen-bond donors (Lipinski definition) is 2. The summed E-state index contributed by atoms with van der Waals surface area (Å²) in [7, 11) is 0. The van der Waals surface area contributed by atoms with Crippen molar-refractivity contribution in [3.05, 3.63) is 54.5 Å². The lowest BCUT2D eigenvalue weighted by Crippen LogP contribution is -2.49. The number of benzene rings is 1.